The summed E-state index contributed by atoms with van der Waals surface area (Å²) in [4.78, 5) is 10.8. The highest BCUT2D eigenvalue weighted by molar-refractivity contribution is 5.81. The number of hydrogen-bond acceptors (Lipinski definition) is 1. The molecule has 0 saturated heterocycles. The van der Waals surface area contributed by atoms with Crippen molar-refractivity contribution in [3.63, 3.8) is 0 Å². The number of hydrogen-bond donors (Lipinski definition) is 1. The Morgan fingerprint density at radius 2 is 2.06 bits per heavy atom. The van der Waals surface area contributed by atoms with E-state index in [0.717, 1.165) is 12.1 Å². The number of carbonyl (C=O) groups excluding carboxylic acids is 1. The topological polar surface area (TPSA) is 43.1 Å². The average Bonchev–Trinajstić information content (AvgIpc) is 2.96. The molecular weight excluding hydrogens is 219 g/mol. The van der Waals surface area contributed by atoms with Crippen molar-refractivity contribution in [2.75, 3.05) is 0 Å². The van der Waals surface area contributed by atoms with Crippen LogP contribution in [0.3, 0.4) is 0 Å². The molecule has 86 valence electrons. The maximum Gasteiger partial charge on any atom is 0.416 e. The molecule has 1 aliphatic carbocycles. The largest absolute Gasteiger partial charge is 0.416 e. The van der Waals surface area contributed by atoms with E-state index < -0.39 is 17.6 Å². The highest BCUT2D eigenvalue weighted by atomic mass is 19.4. The Hall–Kier alpha value is -1.52. The van der Waals surface area contributed by atoms with Crippen LogP contribution in [0.2, 0.25) is 0 Å². The van der Waals surface area contributed by atoms with Crippen LogP contribution in [0.15, 0.2) is 24.3 Å². The van der Waals surface area contributed by atoms with E-state index in [9.17, 15) is 18.0 Å². The van der Waals surface area contributed by atoms with E-state index in [1.54, 1.807) is 6.07 Å². The predicted molar refractivity (Wildman–Crippen MR) is 51.5 cm³/mol. The Labute approximate surface area is 90.2 Å². The highest BCUT2D eigenvalue weighted by Gasteiger charge is 2.43. The van der Waals surface area contributed by atoms with Crippen LogP contribution in [0.1, 0.15) is 23.5 Å². The van der Waals surface area contributed by atoms with Crippen LogP contribution >= 0.6 is 0 Å². The lowest BCUT2D eigenvalue weighted by atomic mass is 10.1. The number of primary amides is 1. The summed E-state index contributed by atoms with van der Waals surface area (Å²) < 4.78 is 37.2. The van der Waals surface area contributed by atoms with E-state index in [1.165, 1.54) is 6.07 Å². The van der Waals surface area contributed by atoms with Gasteiger partial charge in [0.25, 0.3) is 0 Å². The molecule has 0 aromatic heterocycles. The smallest absolute Gasteiger partial charge is 0.369 e. The number of carbonyl (C=O) groups is 1. The number of alkyl halides is 3. The third-order valence-corrected chi connectivity index (χ3v) is 2.80. The van der Waals surface area contributed by atoms with Gasteiger partial charge in [0.2, 0.25) is 5.91 Å². The Morgan fingerprint density at radius 1 is 1.38 bits per heavy atom. The van der Waals surface area contributed by atoms with Gasteiger partial charge < -0.3 is 5.73 Å². The van der Waals surface area contributed by atoms with Gasteiger partial charge in [-0.3, -0.25) is 4.79 Å². The third kappa shape index (κ3) is 2.03. The second-order valence-electron chi connectivity index (χ2n) is 3.97. The maximum absolute atomic E-state index is 12.4. The Kier molecular flexibility index (Phi) is 2.40. The van der Waals surface area contributed by atoms with Crippen LogP contribution in [-0.2, 0) is 11.0 Å². The van der Waals surface area contributed by atoms with Crippen LogP contribution in [0, 0.1) is 5.92 Å². The van der Waals surface area contributed by atoms with Crippen molar-refractivity contribution in [2.24, 2.45) is 11.7 Å². The fourth-order valence-electron chi connectivity index (χ4n) is 1.82. The first kappa shape index (κ1) is 11.0. The minimum absolute atomic E-state index is 0.139. The van der Waals surface area contributed by atoms with E-state index in [4.69, 9.17) is 5.73 Å². The molecule has 0 spiro atoms. The van der Waals surface area contributed by atoms with Gasteiger partial charge >= 0.3 is 6.18 Å². The molecule has 16 heavy (non-hydrogen) atoms. The normalized spacial score (nSPS) is 24.2. The van der Waals surface area contributed by atoms with Crippen molar-refractivity contribution >= 4 is 5.91 Å². The molecular formula is C11H10F3NO. The third-order valence-electron chi connectivity index (χ3n) is 2.80. The number of halogens is 3. The van der Waals surface area contributed by atoms with Crippen molar-refractivity contribution in [1.82, 2.24) is 0 Å². The van der Waals surface area contributed by atoms with Crippen molar-refractivity contribution < 1.29 is 18.0 Å². The fraction of sp³-hybridized carbons (Fsp3) is 0.364. The fourth-order valence-corrected chi connectivity index (χ4v) is 1.82. The van der Waals surface area contributed by atoms with Crippen molar-refractivity contribution in [3.05, 3.63) is 35.4 Å². The van der Waals surface area contributed by atoms with Crippen molar-refractivity contribution in [1.29, 1.82) is 0 Å². The quantitative estimate of drug-likeness (QED) is 0.830. The number of rotatable bonds is 2. The van der Waals surface area contributed by atoms with Gasteiger partial charge in [-0.05, 0) is 24.0 Å². The predicted octanol–water partition coefficient (Wildman–Crippen LogP) is 2.29. The van der Waals surface area contributed by atoms with E-state index in [0.29, 0.717) is 12.0 Å². The van der Waals surface area contributed by atoms with Crippen LogP contribution in [0.4, 0.5) is 13.2 Å². The minimum Gasteiger partial charge on any atom is -0.369 e. The molecule has 1 fully saturated rings. The molecule has 2 rings (SSSR count). The van der Waals surface area contributed by atoms with E-state index in [-0.39, 0.29) is 11.8 Å². The standard InChI is InChI=1S/C11H10F3NO/c12-11(13,14)7-3-1-2-6(4-7)8-5-9(8)10(15)16/h1-4,8-9H,5H2,(H2,15,16)/t8-,9+/m1/s1. The van der Waals surface area contributed by atoms with Gasteiger partial charge in [0, 0.05) is 5.92 Å². The van der Waals surface area contributed by atoms with Gasteiger partial charge in [0.05, 0.1) is 5.56 Å². The summed E-state index contributed by atoms with van der Waals surface area (Å²) in [6.45, 7) is 0. The molecule has 5 heteroatoms. The van der Waals surface area contributed by atoms with Gasteiger partial charge in [-0.15, -0.1) is 0 Å². The zero-order valence-corrected chi connectivity index (χ0v) is 8.29. The van der Waals surface area contributed by atoms with Crippen LogP contribution in [0.5, 0.6) is 0 Å². The lowest BCUT2D eigenvalue weighted by molar-refractivity contribution is -0.137. The van der Waals surface area contributed by atoms with Crippen molar-refractivity contribution in [2.45, 2.75) is 18.5 Å². The molecule has 2 N–H and O–H groups in total. The Morgan fingerprint density at radius 3 is 2.56 bits per heavy atom. The van der Waals surface area contributed by atoms with Gasteiger partial charge in [-0.2, -0.15) is 13.2 Å². The summed E-state index contributed by atoms with van der Waals surface area (Å²) in [5, 5.41) is 0. The van der Waals surface area contributed by atoms with Crippen LogP contribution in [-0.4, -0.2) is 5.91 Å². The number of amides is 1. The highest BCUT2D eigenvalue weighted by Crippen LogP contribution is 2.47. The zero-order valence-electron chi connectivity index (χ0n) is 8.29. The minimum atomic E-state index is -4.34. The van der Waals surface area contributed by atoms with Crippen LogP contribution < -0.4 is 5.73 Å². The molecule has 0 bridgehead atoms. The Bertz CT molecular complexity index is 427. The summed E-state index contributed by atoms with van der Waals surface area (Å²) in [7, 11) is 0. The molecule has 1 aromatic carbocycles. The molecule has 1 aromatic rings. The second-order valence-corrected chi connectivity index (χ2v) is 3.97. The molecule has 1 amide bonds. The number of nitrogens with two attached hydrogens (primary N) is 1. The molecule has 1 saturated carbocycles. The Balaban J connectivity index is 2.22. The molecule has 0 radical (unpaired) electrons. The van der Waals surface area contributed by atoms with Gasteiger partial charge in [-0.25, -0.2) is 0 Å². The molecule has 2 nitrogen and oxygen atoms in total. The second kappa shape index (κ2) is 3.50. The maximum atomic E-state index is 12.4. The molecule has 0 unspecified atom stereocenters. The monoisotopic (exact) mass is 229 g/mol. The first-order valence-electron chi connectivity index (χ1n) is 4.86. The molecule has 2 atom stereocenters. The van der Waals surface area contributed by atoms with Crippen LogP contribution in [0.25, 0.3) is 0 Å². The molecule has 0 heterocycles. The summed E-state index contributed by atoms with van der Waals surface area (Å²) in [5.74, 6) is -0.884. The van der Waals surface area contributed by atoms with E-state index >= 15 is 0 Å². The SMILES string of the molecule is NC(=O)[C@H]1C[C@@H]1c1cccc(C(F)(F)F)c1. The first-order chi connectivity index (χ1) is 7.39. The first-order valence-corrected chi connectivity index (χ1v) is 4.86. The number of benzene rings is 1. The summed E-state index contributed by atoms with van der Waals surface area (Å²) >= 11 is 0. The van der Waals surface area contributed by atoms with E-state index in [1.807, 2.05) is 0 Å². The van der Waals surface area contributed by atoms with Gasteiger partial charge in [0.15, 0.2) is 0 Å². The summed E-state index contributed by atoms with van der Waals surface area (Å²) in [6, 6.07) is 5.07. The average molecular weight is 229 g/mol. The van der Waals surface area contributed by atoms with Crippen molar-refractivity contribution in [3.8, 4) is 0 Å². The lowest BCUT2D eigenvalue weighted by Crippen LogP contribution is -2.13. The zero-order chi connectivity index (χ0) is 11.9. The lowest BCUT2D eigenvalue weighted by Gasteiger charge is -2.08. The summed E-state index contributed by atoms with van der Waals surface area (Å²) in [6.07, 6.45) is -3.79. The summed E-state index contributed by atoms with van der Waals surface area (Å²) in [5.41, 5.74) is 4.95. The molecule has 0 aliphatic heterocycles. The van der Waals surface area contributed by atoms with E-state index in [2.05, 4.69) is 0 Å². The van der Waals surface area contributed by atoms with Gasteiger partial charge in [0.1, 0.15) is 0 Å². The molecule has 1 aliphatic rings. The van der Waals surface area contributed by atoms with Gasteiger partial charge in [-0.1, -0.05) is 18.2 Å².